The molecule has 0 aliphatic rings. The van der Waals surface area contributed by atoms with E-state index in [1.54, 1.807) is 30.3 Å². The molecule has 0 aliphatic carbocycles. The Labute approximate surface area is 127 Å². The van der Waals surface area contributed by atoms with E-state index in [4.69, 9.17) is 16.0 Å². The summed E-state index contributed by atoms with van der Waals surface area (Å²) in [5.74, 6) is -0.709. The molecule has 5 heteroatoms. The number of carbonyl (C=O) groups excluding carboxylic acids is 1. The fraction of sp³-hybridized carbons (Fsp3) is 0. The Morgan fingerprint density at radius 1 is 1.15 bits per heavy atom. The number of rotatable bonds is 2. The molecule has 0 aliphatic heterocycles. The molecule has 0 bridgehead atoms. The molecular formula is C15H7BrClFO2. The normalized spacial score (nSPS) is 10.9. The van der Waals surface area contributed by atoms with Crippen molar-refractivity contribution in [2.24, 2.45) is 0 Å². The molecule has 20 heavy (non-hydrogen) atoms. The monoisotopic (exact) mass is 352 g/mol. The summed E-state index contributed by atoms with van der Waals surface area (Å²) in [7, 11) is 0. The maximum absolute atomic E-state index is 13.3. The third-order valence-corrected chi connectivity index (χ3v) is 3.52. The first kappa shape index (κ1) is 13.3. The first-order chi connectivity index (χ1) is 9.52. The fourth-order valence-corrected chi connectivity index (χ4v) is 2.60. The standard InChI is InChI=1S/C15H7BrClFO2/c16-10-3-9(5-12(18)7-10)15(19)14-6-8-4-11(17)1-2-13(8)20-14/h1-7H. The largest absolute Gasteiger partial charge is 0.453 e. The zero-order chi connectivity index (χ0) is 14.3. The molecule has 0 atom stereocenters. The van der Waals surface area contributed by atoms with Crippen molar-refractivity contribution in [3.05, 3.63) is 69.1 Å². The van der Waals surface area contributed by atoms with Gasteiger partial charge in [-0.05, 0) is 42.5 Å². The Balaban J connectivity index is 2.07. The number of furan rings is 1. The molecular weight excluding hydrogens is 347 g/mol. The topological polar surface area (TPSA) is 30.2 Å². The highest BCUT2D eigenvalue weighted by Gasteiger charge is 2.16. The summed E-state index contributed by atoms with van der Waals surface area (Å²) in [6.07, 6.45) is 0. The van der Waals surface area contributed by atoms with Crippen LogP contribution in [0.25, 0.3) is 11.0 Å². The van der Waals surface area contributed by atoms with Crippen LogP contribution in [0.5, 0.6) is 0 Å². The van der Waals surface area contributed by atoms with Crippen molar-refractivity contribution in [3.8, 4) is 0 Å². The van der Waals surface area contributed by atoms with Crippen molar-refractivity contribution in [2.75, 3.05) is 0 Å². The van der Waals surface area contributed by atoms with E-state index in [-0.39, 0.29) is 17.1 Å². The fourth-order valence-electron chi connectivity index (χ4n) is 1.95. The second-order valence-corrected chi connectivity index (χ2v) is 5.63. The number of fused-ring (bicyclic) bond motifs is 1. The zero-order valence-corrected chi connectivity index (χ0v) is 12.3. The van der Waals surface area contributed by atoms with Crippen LogP contribution in [0, 0.1) is 5.82 Å². The molecule has 3 aromatic rings. The van der Waals surface area contributed by atoms with Crippen molar-refractivity contribution in [2.45, 2.75) is 0 Å². The van der Waals surface area contributed by atoms with Crippen LogP contribution in [0.2, 0.25) is 5.02 Å². The molecule has 2 aromatic carbocycles. The molecule has 0 radical (unpaired) electrons. The first-order valence-corrected chi connectivity index (χ1v) is 6.90. The van der Waals surface area contributed by atoms with Gasteiger partial charge in [-0.2, -0.15) is 0 Å². The van der Waals surface area contributed by atoms with Crippen LogP contribution in [0.3, 0.4) is 0 Å². The summed E-state index contributed by atoms with van der Waals surface area (Å²) in [5, 5.41) is 1.29. The molecule has 100 valence electrons. The summed E-state index contributed by atoms with van der Waals surface area (Å²) in [5.41, 5.74) is 0.787. The number of benzene rings is 2. The molecule has 1 aromatic heterocycles. The highest BCUT2D eigenvalue weighted by Crippen LogP contribution is 2.25. The van der Waals surface area contributed by atoms with Crippen molar-refractivity contribution in [3.63, 3.8) is 0 Å². The van der Waals surface area contributed by atoms with Gasteiger partial charge in [0.2, 0.25) is 5.78 Å². The second kappa shape index (κ2) is 5.04. The average molecular weight is 354 g/mol. The number of carbonyl (C=O) groups is 1. The molecule has 3 rings (SSSR count). The number of halogens is 3. The molecule has 0 saturated carbocycles. The quantitative estimate of drug-likeness (QED) is 0.591. The van der Waals surface area contributed by atoms with Crippen molar-refractivity contribution >= 4 is 44.3 Å². The van der Waals surface area contributed by atoms with Crippen LogP contribution in [-0.2, 0) is 0 Å². The van der Waals surface area contributed by atoms with Gasteiger partial charge in [-0.15, -0.1) is 0 Å². The Bertz CT molecular complexity index is 806. The van der Waals surface area contributed by atoms with Gasteiger partial charge in [-0.25, -0.2) is 4.39 Å². The predicted octanol–water partition coefficient (Wildman–Crippen LogP) is 5.22. The van der Waals surface area contributed by atoms with E-state index in [2.05, 4.69) is 15.9 Å². The summed E-state index contributed by atoms with van der Waals surface area (Å²) in [6, 6.07) is 10.7. The van der Waals surface area contributed by atoms with Gasteiger partial charge in [0.1, 0.15) is 11.4 Å². The van der Waals surface area contributed by atoms with Crippen LogP contribution in [0.4, 0.5) is 4.39 Å². The highest BCUT2D eigenvalue weighted by atomic mass is 79.9. The highest BCUT2D eigenvalue weighted by molar-refractivity contribution is 9.10. The van der Waals surface area contributed by atoms with E-state index in [1.165, 1.54) is 12.1 Å². The van der Waals surface area contributed by atoms with Gasteiger partial charge in [0.25, 0.3) is 0 Å². The number of hydrogen-bond donors (Lipinski definition) is 0. The van der Waals surface area contributed by atoms with Crippen molar-refractivity contribution in [1.82, 2.24) is 0 Å². The van der Waals surface area contributed by atoms with Gasteiger partial charge in [0, 0.05) is 20.4 Å². The lowest BCUT2D eigenvalue weighted by Gasteiger charge is -1.99. The average Bonchev–Trinajstić information content (AvgIpc) is 2.79. The number of ketones is 1. The second-order valence-electron chi connectivity index (χ2n) is 4.28. The van der Waals surface area contributed by atoms with Crippen LogP contribution < -0.4 is 0 Å². The molecule has 2 nitrogen and oxygen atoms in total. The first-order valence-electron chi connectivity index (χ1n) is 5.73. The summed E-state index contributed by atoms with van der Waals surface area (Å²) in [4.78, 5) is 12.3. The van der Waals surface area contributed by atoms with E-state index in [9.17, 15) is 9.18 Å². The van der Waals surface area contributed by atoms with Gasteiger partial charge >= 0.3 is 0 Å². The minimum Gasteiger partial charge on any atom is -0.453 e. The van der Waals surface area contributed by atoms with E-state index in [0.29, 0.717) is 15.1 Å². The van der Waals surface area contributed by atoms with Gasteiger partial charge < -0.3 is 4.42 Å². The third kappa shape index (κ3) is 2.49. The van der Waals surface area contributed by atoms with Gasteiger partial charge in [0.05, 0.1) is 0 Å². The molecule has 0 N–H and O–H groups in total. The SMILES string of the molecule is O=C(c1cc(F)cc(Br)c1)c1cc2cc(Cl)ccc2o1. The maximum Gasteiger partial charge on any atom is 0.228 e. The third-order valence-electron chi connectivity index (χ3n) is 2.83. The lowest BCUT2D eigenvalue weighted by Crippen LogP contribution is -2.00. The van der Waals surface area contributed by atoms with Crippen molar-refractivity contribution < 1.29 is 13.6 Å². The molecule has 0 saturated heterocycles. The van der Waals surface area contributed by atoms with Crippen LogP contribution >= 0.6 is 27.5 Å². The van der Waals surface area contributed by atoms with E-state index >= 15 is 0 Å². The summed E-state index contributed by atoms with van der Waals surface area (Å²) >= 11 is 9.04. The van der Waals surface area contributed by atoms with Gasteiger partial charge in [0.15, 0.2) is 5.76 Å². The van der Waals surface area contributed by atoms with Crippen molar-refractivity contribution in [1.29, 1.82) is 0 Å². The van der Waals surface area contributed by atoms with Gasteiger partial charge in [-0.3, -0.25) is 4.79 Å². The molecule has 0 unspecified atom stereocenters. The van der Waals surface area contributed by atoms with Crippen LogP contribution in [0.1, 0.15) is 16.1 Å². The van der Waals surface area contributed by atoms with E-state index in [1.807, 2.05) is 0 Å². The number of hydrogen-bond acceptors (Lipinski definition) is 2. The van der Waals surface area contributed by atoms with Crippen LogP contribution in [0.15, 0.2) is 51.4 Å². The Morgan fingerprint density at radius 3 is 2.70 bits per heavy atom. The van der Waals surface area contributed by atoms with Crippen LogP contribution in [-0.4, -0.2) is 5.78 Å². The molecule has 1 heterocycles. The Morgan fingerprint density at radius 2 is 1.95 bits per heavy atom. The smallest absolute Gasteiger partial charge is 0.228 e. The lowest BCUT2D eigenvalue weighted by molar-refractivity contribution is 0.101. The Kier molecular flexibility index (Phi) is 3.36. The Hall–Kier alpha value is -1.65. The van der Waals surface area contributed by atoms with E-state index < -0.39 is 5.82 Å². The molecule has 0 spiro atoms. The predicted molar refractivity (Wildman–Crippen MR) is 78.8 cm³/mol. The summed E-state index contributed by atoms with van der Waals surface area (Å²) < 4.78 is 19.3. The maximum atomic E-state index is 13.3. The van der Waals surface area contributed by atoms with E-state index in [0.717, 1.165) is 5.39 Å². The molecule has 0 fully saturated rings. The molecule has 0 amide bonds. The zero-order valence-electron chi connectivity index (χ0n) is 9.99. The lowest BCUT2D eigenvalue weighted by atomic mass is 10.1. The summed E-state index contributed by atoms with van der Waals surface area (Å²) in [6.45, 7) is 0. The minimum absolute atomic E-state index is 0.153. The minimum atomic E-state index is -0.484. The van der Waals surface area contributed by atoms with Gasteiger partial charge in [-0.1, -0.05) is 27.5 Å².